The number of ether oxygens (including phenoxy) is 1. The normalized spacial score (nSPS) is 18.7. The Hall–Kier alpha value is -2.04. The van der Waals surface area contributed by atoms with Crippen molar-refractivity contribution in [2.75, 3.05) is 33.3 Å². The maximum absolute atomic E-state index is 13.1. The summed E-state index contributed by atoms with van der Waals surface area (Å²) in [5, 5.41) is 0. The number of carbonyl (C=O) groups excluding carboxylic acids is 2. The zero-order chi connectivity index (χ0) is 18.7. The van der Waals surface area contributed by atoms with Crippen LogP contribution >= 0.6 is 0 Å². The maximum Gasteiger partial charge on any atom is 0.257 e. The Morgan fingerprint density at radius 3 is 2.31 bits per heavy atom. The summed E-state index contributed by atoms with van der Waals surface area (Å²) in [6, 6.07) is 3.93. The number of amides is 2. The van der Waals surface area contributed by atoms with E-state index in [0.717, 1.165) is 36.9 Å². The van der Waals surface area contributed by atoms with E-state index >= 15 is 0 Å². The average molecular weight is 358 g/mol. The first-order chi connectivity index (χ1) is 12.5. The van der Waals surface area contributed by atoms with Crippen LogP contribution in [0.1, 0.15) is 53.6 Å². The summed E-state index contributed by atoms with van der Waals surface area (Å²) in [6.45, 7) is 6.62. The Labute approximate surface area is 156 Å². The molecule has 0 N–H and O–H groups in total. The van der Waals surface area contributed by atoms with Gasteiger partial charge in [-0.2, -0.15) is 0 Å². The fraction of sp³-hybridized carbons (Fsp3) is 0.619. The minimum Gasteiger partial charge on any atom is -0.496 e. The van der Waals surface area contributed by atoms with Crippen molar-refractivity contribution in [3.8, 4) is 5.75 Å². The minimum atomic E-state index is 0.00353. The van der Waals surface area contributed by atoms with Gasteiger partial charge >= 0.3 is 0 Å². The van der Waals surface area contributed by atoms with Crippen LogP contribution in [0.5, 0.6) is 5.75 Å². The largest absolute Gasteiger partial charge is 0.496 e. The van der Waals surface area contributed by atoms with Crippen molar-refractivity contribution < 1.29 is 14.3 Å². The molecule has 26 heavy (non-hydrogen) atoms. The van der Waals surface area contributed by atoms with E-state index in [4.69, 9.17) is 4.74 Å². The molecule has 0 bridgehead atoms. The number of hydrogen-bond acceptors (Lipinski definition) is 3. The predicted octanol–water partition coefficient (Wildman–Crippen LogP) is 3.18. The molecule has 5 nitrogen and oxygen atoms in total. The number of aryl methyl sites for hydroxylation is 2. The van der Waals surface area contributed by atoms with E-state index in [-0.39, 0.29) is 11.8 Å². The van der Waals surface area contributed by atoms with E-state index in [9.17, 15) is 9.59 Å². The molecule has 1 aromatic rings. The Morgan fingerprint density at radius 1 is 0.962 bits per heavy atom. The van der Waals surface area contributed by atoms with E-state index in [1.54, 1.807) is 7.11 Å². The van der Waals surface area contributed by atoms with Crippen molar-refractivity contribution in [3.05, 3.63) is 28.8 Å². The molecule has 1 saturated carbocycles. The van der Waals surface area contributed by atoms with Gasteiger partial charge in [0, 0.05) is 32.1 Å². The van der Waals surface area contributed by atoms with Crippen LogP contribution in [-0.2, 0) is 4.79 Å². The Kier molecular flexibility index (Phi) is 5.84. The lowest BCUT2D eigenvalue weighted by Crippen LogP contribution is -2.39. The number of nitrogens with zero attached hydrogens (tertiary/aromatic N) is 2. The molecule has 2 fully saturated rings. The van der Waals surface area contributed by atoms with E-state index in [2.05, 4.69) is 0 Å². The van der Waals surface area contributed by atoms with Crippen LogP contribution in [0.15, 0.2) is 12.1 Å². The molecule has 0 spiro atoms. The molecule has 1 aromatic carbocycles. The number of benzene rings is 1. The lowest BCUT2D eigenvalue weighted by atomic mass is 10.0. The third kappa shape index (κ3) is 3.87. The molecule has 0 unspecified atom stereocenters. The lowest BCUT2D eigenvalue weighted by molar-refractivity contribution is -0.135. The number of hydrogen-bond donors (Lipinski definition) is 0. The van der Waals surface area contributed by atoms with Gasteiger partial charge in [0.25, 0.3) is 5.91 Å². The Bertz CT molecular complexity index is 680. The maximum atomic E-state index is 13.1. The summed E-state index contributed by atoms with van der Waals surface area (Å²) in [4.78, 5) is 29.7. The molecule has 0 atom stereocenters. The van der Waals surface area contributed by atoms with Crippen molar-refractivity contribution in [1.82, 2.24) is 9.80 Å². The van der Waals surface area contributed by atoms with Gasteiger partial charge in [-0.25, -0.2) is 0 Å². The third-order valence-corrected chi connectivity index (χ3v) is 5.65. The van der Waals surface area contributed by atoms with Gasteiger partial charge in [-0.15, -0.1) is 0 Å². The fourth-order valence-corrected chi connectivity index (χ4v) is 4.33. The lowest BCUT2D eigenvalue weighted by Gasteiger charge is -2.25. The molecule has 1 heterocycles. The van der Waals surface area contributed by atoms with Gasteiger partial charge in [0.2, 0.25) is 5.91 Å². The molecule has 0 radical (unpaired) electrons. The van der Waals surface area contributed by atoms with E-state index < -0.39 is 0 Å². The van der Waals surface area contributed by atoms with Gasteiger partial charge in [0.15, 0.2) is 0 Å². The summed E-state index contributed by atoms with van der Waals surface area (Å²) < 4.78 is 5.49. The highest BCUT2D eigenvalue weighted by Gasteiger charge is 2.30. The zero-order valence-corrected chi connectivity index (χ0v) is 16.2. The van der Waals surface area contributed by atoms with Crippen LogP contribution in [0.25, 0.3) is 0 Å². The molecule has 5 heteroatoms. The van der Waals surface area contributed by atoms with Gasteiger partial charge in [-0.1, -0.05) is 18.9 Å². The number of rotatable bonds is 3. The smallest absolute Gasteiger partial charge is 0.257 e. The number of carbonyl (C=O) groups is 2. The van der Waals surface area contributed by atoms with Gasteiger partial charge in [-0.05, 0) is 50.3 Å². The topological polar surface area (TPSA) is 49.9 Å². The van der Waals surface area contributed by atoms with Gasteiger partial charge in [0.05, 0.1) is 12.7 Å². The second-order valence-electron chi connectivity index (χ2n) is 7.62. The summed E-state index contributed by atoms with van der Waals surface area (Å²) in [5.74, 6) is 1.16. The predicted molar refractivity (Wildman–Crippen MR) is 102 cm³/mol. The van der Waals surface area contributed by atoms with Crippen LogP contribution in [-0.4, -0.2) is 54.9 Å². The standard InChI is InChI=1S/C21H30N2O3/c1-15-13-16(2)19(26-3)18(14-15)21(25)23-10-6-9-22(11-12-23)20(24)17-7-4-5-8-17/h13-14,17H,4-12H2,1-3H3. The summed E-state index contributed by atoms with van der Waals surface area (Å²) in [7, 11) is 1.61. The highest BCUT2D eigenvalue weighted by molar-refractivity contribution is 5.97. The van der Waals surface area contributed by atoms with Crippen molar-refractivity contribution in [2.24, 2.45) is 5.92 Å². The summed E-state index contributed by atoms with van der Waals surface area (Å²) >= 11 is 0. The van der Waals surface area contributed by atoms with E-state index in [1.807, 2.05) is 35.8 Å². The second-order valence-corrected chi connectivity index (χ2v) is 7.62. The highest BCUT2D eigenvalue weighted by atomic mass is 16.5. The van der Waals surface area contributed by atoms with Crippen LogP contribution in [0.3, 0.4) is 0 Å². The molecule has 1 aliphatic heterocycles. The van der Waals surface area contributed by atoms with Crippen molar-refractivity contribution in [2.45, 2.75) is 46.0 Å². The van der Waals surface area contributed by atoms with Crippen LogP contribution in [0, 0.1) is 19.8 Å². The summed E-state index contributed by atoms with van der Waals surface area (Å²) in [6.07, 6.45) is 5.22. The highest BCUT2D eigenvalue weighted by Crippen LogP contribution is 2.28. The second kappa shape index (κ2) is 8.11. The fourth-order valence-electron chi connectivity index (χ4n) is 4.33. The quantitative estimate of drug-likeness (QED) is 0.834. The van der Waals surface area contributed by atoms with Crippen molar-refractivity contribution in [3.63, 3.8) is 0 Å². The Morgan fingerprint density at radius 2 is 1.62 bits per heavy atom. The molecule has 0 aromatic heterocycles. The number of methoxy groups -OCH3 is 1. The van der Waals surface area contributed by atoms with Gasteiger partial charge < -0.3 is 14.5 Å². The third-order valence-electron chi connectivity index (χ3n) is 5.65. The average Bonchev–Trinajstić information content (AvgIpc) is 3.04. The molecule has 2 amide bonds. The van der Waals surface area contributed by atoms with E-state index in [0.29, 0.717) is 36.9 Å². The molecule has 3 rings (SSSR count). The van der Waals surface area contributed by atoms with Crippen molar-refractivity contribution >= 4 is 11.8 Å². The molecule has 142 valence electrons. The first kappa shape index (κ1) is 18.7. The van der Waals surface area contributed by atoms with Crippen LogP contribution < -0.4 is 4.74 Å². The van der Waals surface area contributed by atoms with Crippen molar-refractivity contribution in [1.29, 1.82) is 0 Å². The van der Waals surface area contributed by atoms with E-state index in [1.165, 1.54) is 12.8 Å². The first-order valence-electron chi connectivity index (χ1n) is 9.74. The first-order valence-corrected chi connectivity index (χ1v) is 9.74. The summed E-state index contributed by atoms with van der Waals surface area (Å²) in [5.41, 5.74) is 2.66. The van der Waals surface area contributed by atoms with Gasteiger partial charge in [-0.3, -0.25) is 9.59 Å². The molecular weight excluding hydrogens is 328 g/mol. The Balaban J connectivity index is 1.71. The van der Waals surface area contributed by atoms with Crippen LogP contribution in [0.4, 0.5) is 0 Å². The van der Waals surface area contributed by atoms with Crippen LogP contribution in [0.2, 0.25) is 0 Å². The van der Waals surface area contributed by atoms with Gasteiger partial charge in [0.1, 0.15) is 5.75 Å². The molecular formula is C21H30N2O3. The molecule has 1 saturated heterocycles. The molecule has 2 aliphatic rings. The molecule has 1 aliphatic carbocycles. The SMILES string of the molecule is COc1c(C)cc(C)cc1C(=O)N1CCCN(C(=O)C2CCCC2)CC1. The minimum absolute atomic E-state index is 0.00353. The zero-order valence-electron chi connectivity index (χ0n) is 16.2. The monoisotopic (exact) mass is 358 g/mol.